The number of fused-ring (bicyclic) bond motifs is 1. The Bertz CT molecular complexity index is 471. The summed E-state index contributed by atoms with van der Waals surface area (Å²) in [7, 11) is 2.15. The van der Waals surface area contributed by atoms with Crippen molar-refractivity contribution in [3.05, 3.63) is 18.3 Å². The molecule has 0 bridgehead atoms. The van der Waals surface area contributed by atoms with Crippen LogP contribution in [0.4, 0.5) is 5.13 Å². The Kier molecular flexibility index (Phi) is 2.94. The molecule has 0 aromatic carbocycles. The Morgan fingerprint density at radius 3 is 3.00 bits per heavy atom. The van der Waals surface area contributed by atoms with E-state index in [9.17, 15) is 0 Å². The fraction of sp³-hybridized carbons (Fsp3) is 0.500. The van der Waals surface area contributed by atoms with Crippen molar-refractivity contribution in [3.63, 3.8) is 0 Å². The summed E-state index contributed by atoms with van der Waals surface area (Å²) in [4.78, 5) is 12.3. The van der Waals surface area contributed by atoms with Crippen LogP contribution < -0.4 is 10.2 Å². The second-order valence-electron chi connectivity index (χ2n) is 4.42. The molecule has 4 nitrogen and oxygen atoms in total. The number of hydrogen-bond donors (Lipinski definition) is 1. The smallest absolute Gasteiger partial charge is 0.187 e. The molecule has 5 heteroatoms. The average Bonchev–Trinajstić information content (AvgIpc) is 2.82. The zero-order valence-corrected chi connectivity index (χ0v) is 10.7. The van der Waals surface area contributed by atoms with Crippen molar-refractivity contribution >= 4 is 26.8 Å². The first-order valence-corrected chi connectivity index (χ1v) is 6.81. The molecule has 0 atom stereocenters. The van der Waals surface area contributed by atoms with Gasteiger partial charge in [-0.25, -0.2) is 9.97 Å². The van der Waals surface area contributed by atoms with Crippen LogP contribution >= 0.6 is 11.3 Å². The molecule has 0 unspecified atom stereocenters. The third-order valence-corrected chi connectivity index (χ3v) is 4.38. The van der Waals surface area contributed by atoms with Gasteiger partial charge in [0.1, 0.15) is 10.3 Å². The van der Waals surface area contributed by atoms with Gasteiger partial charge in [0.25, 0.3) is 0 Å². The first kappa shape index (κ1) is 10.9. The maximum absolute atomic E-state index is 4.65. The molecule has 2 aromatic heterocycles. The van der Waals surface area contributed by atoms with Gasteiger partial charge in [0.2, 0.25) is 0 Å². The van der Waals surface area contributed by atoms with Crippen LogP contribution in [0, 0.1) is 0 Å². The predicted molar refractivity (Wildman–Crippen MR) is 71.7 cm³/mol. The summed E-state index contributed by atoms with van der Waals surface area (Å²) in [5, 5.41) is 4.48. The molecule has 1 N–H and O–H groups in total. The first-order valence-electron chi connectivity index (χ1n) is 6.00. The SMILES string of the molecule is CN(c1nc2cccnc2s1)C1CCNCC1. The van der Waals surface area contributed by atoms with Crippen LogP contribution in [0.5, 0.6) is 0 Å². The van der Waals surface area contributed by atoms with Gasteiger partial charge in [0, 0.05) is 19.3 Å². The van der Waals surface area contributed by atoms with Crippen molar-refractivity contribution in [1.82, 2.24) is 15.3 Å². The minimum Gasteiger partial charge on any atom is -0.348 e. The normalized spacial score (nSPS) is 17.5. The maximum atomic E-state index is 4.65. The summed E-state index contributed by atoms with van der Waals surface area (Å²) in [6, 6.07) is 4.58. The molecule has 1 fully saturated rings. The van der Waals surface area contributed by atoms with E-state index in [1.807, 2.05) is 18.3 Å². The number of piperidine rings is 1. The van der Waals surface area contributed by atoms with Crippen molar-refractivity contribution in [2.75, 3.05) is 25.0 Å². The molecule has 0 radical (unpaired) electrons. The van der Waals surface area contributed by atoms with Crippen molar-refractivity contribution in [2.45, 2.75) is 18.9 Å². The topological polar surface area (TPSA) is 41.1 Å². The molecule has 17 heavy (non-hydrogen) atoms. The molecule has 0 spiro atoms. The second kappa shape index (κ2) is 4.58. The number of nitrogens with one attached hydrogen (secondary N) is 1. The molecule has 1 aliphatic rings. The largest absolute Gasteiger partial charge is 0.348 e. The highest BCUT2D eigenvalue weighted by atomic mass is 32.1. The van der Waals surface area contributed by atoms with Crippen LogP contribution in [0.3, 0.4) is 0 Å². The molecule has 3 rings (SSSR count). The Hall–Kier alpha value is -1.20. The van der Waals surface area contributed by atoms with Crippen molar-refractivity contribution in [3.8, 4) is 0 Å². The van der Waals surface area contributed by atoms with E-state index in [2.05, 4.69) is 27.2 Å². The van der Waals surface area contributed by atoms with Gasteiger partial charge in [0.15, 0.2) is 5.13 Å². The van der Waals surface area contributed by atoms with E-state index >= 15 is 0 Å². The Morgan fingerprint density at radius 2 is 2.24 bits per heavy atom. The molecule has 90 valence electrons. The van der Waals surface area contributed by atoms with Gasteiger partial charge in [-0.1, -0.05) is 11.3 Å². The van der Waals surface area contributed by atoms with Crippen LogP contribution in [-0.4, -0.2) is 36.1 Å². The molecule has 0 aliphatic carbocycles. The molecule has 1 aliphatic heterocycles. The van der Waals surface area contributed by atoms with Crippen molar-refractivity contribution < 1.29 is 0 Å². The zero-order chi connectivity index (χ0) is 11.7. The Labute approximate surface area is 105 Å². The lowest BCUT2D eigenvalue weighted by Crippen LogP contribution is -2.41. The van der Waals surface area contributed by atoms with Crippen LogP contribution in [0.2, 0.25) is 0 Å². The number of aromatic nitrogens is 2. The van der Waals surface area contributed by atoms with E-state index in [1.165, 1.54) is 12.8 Å². The number of rotatable bonds is 2. The van der Waals surface area contributed by atoms with Gasteiger partial charge in [-0.05, 0) is 38.1 Å². The average molecular weight is 248 g/mol. The minimum atomic E-state index is 0.608. The van der Waals surface area contributed by atoms with Gasteiger partial charge < -0.3 is 10.2 Å². The highest BCUT2D eigenvalue weighted by molar-refractivity contribution is 7.21. The van der Waals surface area contributed by atoms with Gasteiger partial charge >= 0.3 is 0 Å². The molecule has 2 aromatic rings. The van der Waals surface area contributed by atoms with E-state index in [-0.39, 0.29) is 0 Å². The Morgan fingerprint density at radius 1 is 1.41 bits per heavy atom. The standard InChI is InChI=1S/C12H16N4S/c1-16(9-4-7-13-8-5-9)12-15-10-3-2-6-14-11(10)17-12/h2-3,6,9,13H,4-5,7-8H2,1H3. The highest BCUT2D eigenvalue weighted by Crippen LogP contribution is 2.28. The van der Waals surface area contributed by atoms with E-state index in [0.717, 1.165) is 28.6 Å². The van der Waals surface area contributed by atoms with Gasteiger partial charge in [-0.2, -0.15) is 0 Å². The van der Waals surface area contributed by atoms with E-state index in [4.69, 9.17) is 0 Å². The van der Waals surface area contributed by atoms with E-state index in [1.54, 1.807) is 11.3 Å². The lowest BCUT2D eigenvalue weighted by molar-refractivity contribution is 0.443. The summed E-state index contributed by atoms with van der Waals surface area (Å²) < 4.78 is 0. The molecule has 1 saturated heterocycles. The summed E-state index contributed by atoms with van der Waals surface area (Å²) in [5.41, 5.74) is 1.01. The monoisotopic (exact) mass is 248 g/mol. The van der Waals surface area contributed by atoms with Gasteiger partial charge in [-0.15, -0.1) is 0 Å². The molecular weight excluding hydrogens is 232 g/mol. The predicted octanol–water partition coefficient (Wildman–Crippen LogP) is 1.88. The van der Waals surface area contributed by atoms with E-state index in [0.29, 0.717) is 6.04 Å². The van der Waals surface area contributed by atoms with Crippen LogP contribution in [0.25, 0.3) is 10.3 Å². The zero-order valence-electron chi connectivity index (χ0n) is 9.89. The maximum Gasteiger partial charge on any atom is 0.187 e. The third-order valence-electron chi connectivity index (χ3n) is 3.31. The molecule has 0 amide bonds. The summed E-state index contributed by atoms with van der Waals surface area (Å²) in [5.74, 6) is 0. The first-order chi connectivity index (χ1) is 8.34. The van der Waals surface area contributed by atoms with Crippen LogP contribution in [0.15, 0.2) is 18.3 Å². The number of anilines is 1. The van der Waals surface area contributed by atoms with Crippen LogP contribution in [-0.2, 0) is 0 Å². The fourth-order valence-electron chi connectivity index (χ4n) is 2.26. The second-order valence-corrected chi connectivity index (χ2v) is 5.37. The molecular formula is C12H16N4S. The molecule has 0 saturated carbocycles. The molecule has 3 heterocycles. The lowest BCUT2D eigenvalue weighted by Gasteiger charge is -2.31. The summed E-state index contributed by atoms with van der Waals surface area (Å²) in [6.45, 7) is 2.22. The van der Waals surface area contributed by atoms with Crippen molar-refractivity contribution in [1.29, 1.82) is 0 Å². The number of thiazole rings is 1. The summed E-state index contributed by atoms with van der Waals surface area (Å²) in [6.07, 6.45) is 4.22. The number of pyridine rings is 1. The van der Waals surface area contributed by atoms with Crippen molar-refractivity contribution in [2.24, 2.45) is 0 Å². The quantitative estimate of drug-likeness (QED) is 0.881. The van der Waals surface area contributed by atoms with E-state index < -0.39 is 0 Å². The third kappa shape index (κ3) is 2.12. The lowest BCUT2D eigenvalue weighted by atomic mass is 10.1. The Balaban J connectivity index is 1.86. The number of nitrogens with zero attached hydrogens (tertiary/aromatic N) is 3. The van der Waals surface area contributed by atoms with Crippen LogP contribution in [0.1, 0.15) is 12.8 Å². The highest BCUT2D eigenvalue weighted by Gasteiger charge is 2.20. The van der Waals surface area contributed by atoms with Gasteiger partial charge in [-0.3, -0.25) is 0 Å². The van der Waals surface area contributed by atoms with Gasteiger partial charge in [0.05, 0.1) is 0 Å². The number of hydrogen-bond acceptors (Lipinski definition) is 5. The minimum absolute atomic E-state index is 0.608. The fourth-order valence-corrected chi connectivity index (χ4v) is 3.20. The summed E-state index contributed by atoms with van der Waals surface area (Å²) >= 11 is 1.68.